The first kappa shape index (κ1) is 13.5. The Morgan fingerprint density at radius 1 is 1.32 bits per heavy atom. The number of aromatic nitrogens is 3. The van der Waals surface area contributed by atoms with Crippen LogP contribution in [0.25, 0.3) is 0 Å². The Hall–Kier alpha value is -1.89. The van der Waals surface area contributed by atoms with E-state index in [-0.39, 0.29) is 18.2 Å². The summed E-state index contributed by atoms with van der Waals surface area (Å²) < 4.78 is 38.4. The average molecular weight is 270 g/mol. The van der Waals surface area contributed by atoms with E-state index in [1.807, 2.05) is 0 Å². The van der Waals surface area contributed by atoms with Gasteiger partial charge < -0.3 is 5.32 Å². The lowest BCUT2D eigenvalue weighted by molar-refractivity contribution is -0.138. The van der Waals surface area contributed by atoms with Crippen LogP contribution in [-0.2, 0) is 12.7 Å². The second-order valence-electron chi connectivity index (χ2n) is 4.13. The Morgan fingerprint density at radius 2 is 2.05 bits per heavy atom. The van der Waals surface area contributed by atoms with Gasteiger partial charge in [-0.3, -0.25) is 5.10 Å². The van der Waals surface area contributed by atoms with E-state index >= 15 is 0 Å². The number of nitrogens with one attached hydrogen (secondary N) is 2. The van der Waals surface area contributed by atoms with E-state index in [2.05, 4.69) is 20.5 Å². The molecule has 0 radical (unpaired) electrons. The summed E-state index contributed by atoms with van der Waals surface area (Å²) in [6.07, 6.45) is -2.98. The van der Waals surface area contributed by atoms with Crippen molar-refractivity contribution < 1.29 is 13.2 Å². The summed E-state index contributed by atoms with van der Waals surface area (Å²) >= 11 is 0. The Bertz CT molecular complexity index is 522. The third-order valence-electron chi connectivity index (χ3n) is 2.77. The van der Waals surface area contributed by atoms with E-state index in [0.717, 1.165) is 6.07 Å². The van der Waals surface area contributed by atoms with Crippen LogP contribution in [0, 0.1) is 0 Å². The molecule has 0 bridgehead atoms. The van der Waals surface area contributed by atoms with Crippen molar-refractivity contribution in [2.75, 3.05) is 0 Å². The molecule has 0 aliphatic heterocycles. The summed E-state index contributed by atoms with van der Waals surface area (Å²) in [5.74, 6) is 0.587. The van der Waals surface area contributed by atoms with Gasteiger partial charge in [-0.25, -0.2) is 4.98 Å². The molecule has 1 heterocycles. The number of benzene rings is 1. The first-order valence-corrected chi connectivity index (χ1v) is 5.72. The third kappa shape index (κ3) is 3.31. The van der Waals surface area contributed by atoms with Crippen molar-refractivity contribution in [2.24, 2.45) is 0 Å². The fraction of sp³-hybridized carbons (Fsp3) is 0.333. The fourth-order valence-electron chi connectivity index (χ4n) is 1.73. The van der Waals surface area contributed by atoms with Crippen molar-refractivity contribution in [3.63, 3.8) is 0 Å². The summed E-state index contributed by atoms with van der Waals surface area (Å²) in [5.41, 5.74) is -0.409. The smallest absolute Gasteiger partial charge is 0.303 e. The van der Waals surface area contributed by atoms with Crippen LogP contribution in [0.3, 0.4) is 0 Å². The molecular formula is C12H13F3N4. The first-order valence-electron chi connectivity index (χ1n) is 5.72. The lowest BCUT2D eigenvalue weighted by Crippen LogP contribution is -2.21. The lowest BCUT2D eigenvalue weighted by Gasteiger charge is -2.15. The van der Waals surface area contributed by atoms with Crippen LogP contribution < -0.4 is 5.32 Å². The molecule has 102 valence electrons. The maximum absolute atomic E-state index is 12.8. The maximum atomic E-state index is 12.8. The van der Waals surface area contributed by atoms with E-state index in [0.29, 0.717) is 5.82 Å². The minimum absolute atomic E-state index is 0.109. The summed E-state index contributed by atoms with van der Waals surface area (Å²) in [6.45, 7) is 1.91. The molecule has 2 aromatic rings. The molecule has 7 heteroatoms. The van der Waals surface area contributed by atoms with Crippen molar-refractivity contribution in [3.05, 3.63) is 47.5 Å². The number of hydrogen-bond acceptors (Lipinski definition) is 3. The number of H-pyrrole nitrogens is 1. The van der Waals surface area contributed by atoms with Crippen LogP contribution in [-0.4, -0.2) is 15.2 Å². The number of rotatable bonds is 4. The lowest BCUT2D eigenvalue weighted by atomic mass is 10.1. The van der Waals surface area contributed by atoms with Gasteiger partial charge in [0, 0.05) is 6.54 Å². The monoisotopic (exact) mass is 270 g/mol. The van der Waals surface area contributed by atoms with Gasteiger partial charge in [-0.2, -0.15) is 18.3 Å². The molecule has 0 fully saturated rings. The average Bonchev–Trinajstić information content (AvgIpc) is 2.89. The zero-order chi connectivity index (χ0) is 13.9. The molecule has 4 nitrogen and oxygen atoms in total. The molecule has 0 saturated carbocycles. The summed E-state index contributed by atoms with van der Waals surface area (Å²) in [5, 5.41) is 9.35. The number of alkyl halides is 3. The van der Waals surface area contributed by atoms with Gasteiger partial charge in [-0.05, 0) is 18.6 Å². The Balaban J connectivity index is 2.08. The van der Waals surface area contributed by atoms with Crippen LogP contribution in [0.2, 0.25) is 0 Å². The van der Waals surface area contributed by atoms with E-state index in [1.54, 1.807) is 13.0 Å². The molecule has 0 spiro atoms. The van der Waals surface area contributed by atoms with Crippen LogP contribution >= 0.6 is 0 Å². The molecule has 19 heavy (non-hydrogen) atoms. The summed E-state index contributed by atoms with van der Waals surface area (Å²) in [4.78, 5) is 3.95. The van der Waals surface area contributed by atoms with Gasteiger partial charge in [0.25, 0.3) is 0 Å². The number of nitrogens with zero attached hydrogens (tertiary/aromatic N) is 2. The van der Waals surface area contributed by atoms with E-state index in [9.17, 15) is 13.2 Å². The molecule has 2 rings (SSSR count). The van der Waals surface area contributed by atoms with Crippen molar-refractivity contribution in [3.8, 4) is 0 Å². The van der Waals surface area contributed by atoms with Gasteiger partial charge in [0.2, 0.25) is 0 Å². The fourth-order valence-corrected chi connectivity index (χ4v) is 1.73. The van der Waals surface area contributed by atoms with Gasteiger partial charge in [0.1, 0.15) is 12.2 Å². The van der Waals surface area contributed by atoms with E-state index in [1.165, 1.54) is 18.5 Å². The molecule has 1 unspecified atom stereocenters. The Labute approximate surface area is 108 Å². The van der Waals surface area contributed by atoms with Gasteiger partial charge in [0.05, 0.1) is 11.6 Å². The van der Waals surface area contributed by atoms with Crippen molar-refractivity contribution in [1.82, 2.24) is 20.5 Å². The molecule has 1 atom stereocenters. The van der Waals surface area contributed by atoms with E-state index in [4.69, 9.17) is 0 Å². The SMILES string of the molecule is CC(NCc1ccccc1C(F)(F)F)c1ncn[nH]1. The van der Waals surface area contributed by atoms with Crippen molar-refractivity contribution >= 4 is 0 Å². The Morgan fingerprint density at radius 3 is 2.68 bits per heavy atom. The van der Waals surface area contributed by atoms with Crippen LogP contribution in [0.4, 0.5) is 13.2 Å². The number of aromatic amines is 1. The van der Waals surface area contributed by atoms with Crippen molar-refractivity contribution in [1.29, 1.82) is 0 Å². The molecule has 0 aliphatic carbocycles. The highest BCUT2D eigenvalue weighted by molar-refractivity contribution is 5.29. The highest BCUT2D eigenvalue weighted by Crippen LogP contribution is 2.31. The van der Waals surface area contributed by atoms with Crippen LogP contribution in [0.5, 0.6) is 0 Å². The van der Waals surface area contributed by atoms with Gasteiger partial charge in [0.15, 0.2) is 0 Å². The quantitative estimate of drug-likeness (QED) is 0.898. The molecule has 0 amide bonds. The molecule has 1 aromatic carbocycles. The standard InChI is InChI=1S/C12H13F3N4/c1-8(11-17-7-18-19-11)16-6-9-4-2-3-5-10(9)12(13,14)15/h2-5,7-8,16H,6H2,1H3,(H,17,18,19). The van der Waals surface area contributed by atoms with Crippen LogP contribution in [0.15, 0.2) is 30.6 Å². The zero-order valence-corrected chi connectivity index (χ0v) is 10.2. The molecular weight excluding hydrogens is 257 g/mol. The molecule has 0 saturated heterocycles. The zero-order valence-electron chi connectivity index (χ0n) is 10.2. The predicted molar refractivity (Wildman–Crippen MR) is 63.1 cm³/mol. The molecule has 0 aliphatic rings. The Kier molecular flexibility index (Phi) is 3.84. The second-order valence-corrected chi connectivity index (χ2v) is 4.13. The minimum atomic E-state index is -4.34. The predicted octanol–water partition coefficient (Wildman–Crippen LogP) is 2.67. The van der Waals surface area contributed by atoms with Crippen molar-refractivity contribution in [2.45, 2.75) is 25.7 Å². The van der Waals surface area contributed by atoms with Crippen LogP contribution in [0.1, 0.15) is 29.9 Å². The first-order chi connectivity index (χ1) is 8.98. The normalized spacial score (nSPS) is 13.5. The maximum Gasteiger partial charge on any atom is 0.416 e. The van der Waals surface area contributed by atoms with Gasteiger partial charge in [-0.1, -0.05) is 18.2 Å². The highest BCUT2D eigenvalue weighted by atomic mass is 19.4. The third-order valence-corrected chi connectivity index (χ3v) is 2.77. The second kappa shape index (κ2) is 5.40. The number of hydrogen-bond donors (Lipinski definition) is 2. The van der Waals surface area contributed by atoms with Gasteiger partial charge >= 0.3 is 6.18 Å². The minimum Gasteiger partial charge on any atom is -0.303 e. The summed E-state index contributed by atoms with van der Waals surface area (Å²) in [7, 11) is 0. The summed E-state index contributed by atoms with van der Waals surface area (Å²) in [6, 6.07) is 5.31. The number of halogens is 3. The molecule has 1 aromatic heterocycles. The van der Waals surface area contributed by atoms with E-state index < -0.39 is 11.7 Å². The largest absolute Gasteiger partial charge is 0.416 e. The van der Waals surface area contributed by atoms with Gasteiger partial charge in [-0.15, -0.1) is 0 Å². The highest BCUT2D eigenvalue weighted by Gasteiger charge is 2.32. The topological polar surface area (TPSA) is 53.6 Å². The molecule has 2 N–H and O–H groups in total.